The van der Waals surface area contributed by atoms with E-state index in [1.165, 1.54) is 5.56 Å². The van der Waals surface area contributed by atoms with Crippen LogP contribution in [0.25, 0.3) is 17.3 Å². The van der Waals surface area contributed by atoms with Crippen molar-refractivity contribution in [1.82, 2.24) is 15.2 Å². The molecule has 1 aliphatic rings. The number of rotatable bonds is 5. The number of nitrogens with one attached hydrogen (secondary N) is 1. The van der Waals surface area contributed by atoms with Crippen molar-refractivity contribution in [2.24, 2.45) is 0 Å². The Labute approximate surface area is 185 Å². The third kappa shape index (κ3) is 4.59. The minimum Gasteiger partial charge on any atom is -0.448 e. The summed E-state index contributed by atoms with van der Waals surface area (Å²) < 4.78 is 6.23. The second-order valence-corrected chi connectivity index (χ2v) is 7.96. The molecule has 5 nitrogen and oxygen atoms in total. The summed E-state index contributed by atoms with van der Waals surface area (Å²) in [7, 11) is 0. The molecule has 31 heavy (non-hydrogen) atoms. The van der Waals surface area contributed by atoms with Gasteiger partial charge in [0.25, 0.3) is 0 Å². The van der Waals surface area contributed by atoms with Gasteiger partial charge in [0, 0.05) is 17.0 Å². The number of hydrogen-bond acceptors (Lipinski definition) is 6. The number of hydrogen-bond donors (Lipinski definition) is 1. The molecular formula is C25H20N4OS. The molecule has 1 aromatic heterocycles. The van der Waals surface area contributed by atoms with Crippen molar-refractivity contribution in [2.45, 2.75) is 17.1 Å². The van der Waals surface area contributed by atoms with Gasteiger partial charge in [-0.25, -0.2) is 0 Å². The summed E-state index contributed by atoms with van der Waals surface area (Å²) in [6, 6.07) is 28.4. The van der Waals surface area contributed by atoms with E-state index in [4.69, 9.17) is 4.74 Å². The molecule has 3 aromatic carbocycles. The van der Waals surface area contributed by atoms with E-state index < -0.39 is 0 Å². The van der Waals surface area contributed by atoms with Crippen LogP contribution in [0.15, 0.2) is 96.2 Å². The summed E-state index contributed by atoms with van der Waals surface area (Å²) in [5.74, 6) is 1.25. The second kappa shape index (κ2) is 9.02. The monoisotopic (exact) mass is 424 g/mol. The van der Waals surface area contributed by atoms with Gasteiger partial charge >= 0.3 is 0 Å². The van der Waals surface area contributed by atoms with Crippen LogP contribution in [-0.2, 0) is 5.75 Å². The third-order valence-electron chi connectivity index (χ3n) is 4.83. The zero-order valence-corrected chi connectivity index (χ0v) is 17.5. The number of nitrogens with zero attached hydrogens (tertiary/aromatic N) is 3. The van der Waals surface area contributed by atoms with Crippen molar-refractivity contribution < 1.29 is 4.74 Å². The molecule has 0 saturated heterocycles. The molecule has 4 aromatic rings. The lowest BCUT2D eigenvalue weighted by atomic mass is 10.1. The predicted octanol–water partition coefficient (Wildman–Crippen LogP) is 5.67. The number of benzene rings is 3. The lowest BCUT2D eigenvalue weighted by Gasteiger charge is -2.15. The van der Waals surface area contributed by atoms with Crippen LogP contribution < -0.4 is 10.1 Å². The Kier molecular flexibility index (Phi) is 5.62. The van der Waals surface area contributed by atoms with Crippen LogP contribution >= 0.6 is 11.8 Å². The average Bonchev–Trinajstić information content (AvgIpc) is 2.99. The highest BCUT2D eigenvalue weighted by Gasteiger charge is 2.23. The summed E-state index contributed by atoms with van der Waals surface area (Å²) in [5.41, 5.74) is 4.81. The van der Waals surface area contributed by atoms with Gasteiger partial charge in [0.05, 0.1) is 0 Å². The molecule has 1 N–H and O–H groups in total. The van der Waals surface area contributed by atoms with Gasteiger partial charge < -0.3 is 10.1 Å². The van der Waals surface area contributed by atoms with E-state index in [1.807, 2.05) is 72.8 Å². The molecule has 1 atom stereocenters. The smallest absolute Gasteiger partial charge is 0.247 e. The van der Waals surface area contributed by atoms with Crippen molar-refractivity contribution >= 4 is 23.5 Å². The summed E-state index contributed by atoms with van der Waals surface area (Å²) >= 11 is 1.54. The van der Waals surface area contributed by atoms with Crippen molar-refractivity contribution in [3.63, 3.8) is 0 Å². The van der Waals surface area contributed by atoms with Gasteiger partial charge in [-0.05, 0) is 23.3 Å². The first-order chi connectivity index (χ1) is 15.3. The van der Waals surface area contributed by atoms with E-state index in [9.17, 15) is 0 Å². The minimum absolute atomic E-state index is 0.383. The number of fused-ring (bicyclic) bond motifs is 3. The van der Waals surface area contributed by atoms with Crippen LogP contribution in [0, 0.1) is 0 Å². The standard InChI is InChI=1S/C25H20N4OS/c1-3-9-18(10-4-1)15-16-22-26-21-14-8-7-13-20(21)23-24(30-22)27-25(29-28-23)31-17-19-11-5-2-6-12-19/h1-16,22,26H,17H2/b16-15+. The Morgan fingerprint density at radius 2 is 1.61 bits per heavy atom. The molecule has 5 rings (SSSR count). The van der Waals surface area contributed by atoms with Crippen LogP contribution in [0.1, 0.15) is 11.1 Å². The van der Waals surface area contributed by atoms with Crippen LogP contribution in [0.2, 0.25) is 0 Å². The maximum Gasteiger partial charge on any atom is 0.247 e. The fraction of sp³-hybridized carbons (Fsp3) is 0.0800. The molecule has 0 fully saturated rings. The summed E-state index contributed by atoms with van der Waals surface area (Å²) in [6.07, 6.45) is 3.64. The number of aromatic nitrogens is 3. The SMILES string of the molecule is C(=C\C1Nc2ccccc2-c2nnc(SCc3ccccc3)nc2O1)/c1ccccc1. The van der Waals surface area contributed by atoms with Crippen LogP contribution in [0.5, 0.6) is 5.88 Å². The van der Waals surface area contributed by atoms with E-state index in [1.54, 1.807) is 11.8 Å². The van der Waals surface area contributed by atoms with E-state index in [0.717, 1.165) is 22.6 Å². The summed E-state index contributed by atoms with van der Waals surface area (Å²) in [4.78, 5) is 4.69. The molecule has 6 heteroatoms. The lowest BCUT2D eigenvalue weighted by Crippen LogP contribution is -2.23. The summed E-state index contributed by atoms with van der Waals surface area (Å²) in [5, 5.41) is 12.8. The Bertz CT molecular complexity index is 1200. The minimum atomic E-state index is -0.383. The zero-order valence-electron chi connectivity index (χ0n) is 16.7. The quantitative estimate of drug-likeness (QED) is 0.416. The molecule has 0 saturated carbocycles. The zero-order chi connectivity index (χ0) is 20.9. The van der Waals surface area contributed by atoms with E-state index in [2.05, 4.69) is 44.8 Å². The molecule has 1 unspecified atom stereocenters. The average molecular weight is 425 g/mol. The first-order valence-electron chi connectivity index (χ1n) is 10.0. The van der Waals surface area contributed by atoms with Crippen molar-refractivity contribution in [2.75, 3.05) is 5.32 Å². The molecule has 1 aliphatic heterocycles. The van der Waals surface area contributed by atoms with Gasteiger partial charge in [-0.15, -0.1) is 10.2 Å². The van der Waals surface area contributed by atoms with Crippen LogP contribution in [0.4, 0.5) is 5.69 Å². The van der Waals surface area contributed by atoms with Gasteiger partial charge in [-0.3, -0.25) is 0 Å². The normalized spacial score (nSPS) is 14.8. The Morgan fingerprint density at radius 1 is 0.871 bits per heavy atom. The second-order valence-electron chi connectivity index (χ2n) is 7.02. The molecule has 0 spiro atoms. The number of ether oxygens (including phenoxy) is 1. The maximum atomic E-state index is 6.23. The Hall–Kier alpha value is -3.64. The van der Waals surface area contributed by atoms with Crippen molar-refractivity contribution in [3.8, 4) is 17.1 Å². The molecule has 0 radical (unpaired) electrons. The van der Waals surface area contributed by atoms with Gasteiger partial charge in [0.15, 0.2) is 11.9 Å². The first-order valence-corrected chi connectivity index (χ1v) is 11.0. The fourth-order valence-electron chi connectivity index (χ4n) is 3.30. The molecule has 0 bridgehead atoms. The predicted molar refractivity (Wildman–Crippen MR) is 125 cm³/mol. The van der Waals surface area contributed by atoms with Gasteiger partial charge in [-0.1, -0.05) is 96.7 Å². The van der Waals surface area contributed by atoms with E-state index >= 15 is 0 Å². The molecule has 2 heterocycles. The highest BCUT2D eigenvalue weighted by atomic mass is 32.2. The maximum absolute atomic E-state index is 6.23. The lowest BCUT2D eigenvalue weighted by molar-refractivity contribution is 0.266. The van der Waals surface area contributed by atoms with Crippen molar-refractivity contribution in [1.29, 1.82) is 0 Å². The first kappa shape index (κ1) is 19.3. The number of anilines is 1. The number of thioether (sulfide) groups is 1. The van der Waals surface area contributed by atoms with Gasteiger partial charge in [-0.2, -0.15) is 4.98 Å². The summed E-state index contributed by atoms with van der Waals surface area (Å²) in [6.45, 7) is 0. The van der Waals surface area contributed by atoms with E-state index in [-0.39, 0.29) is 6.23 Å². The molecule has 0 amide bonds. The molecule has 0 aliphatic carbocycles. The molecule has 152 valence electrons. The largest absolute Gasteiger partial charge is 0.448 e. The Balaban J connectivity index is 1.44. The van der Waals surface area contributed by atoms with Crippen molar-refractivity contribution in [3.05, 3.63) is 102 Å². The topological polar surface area (TPSA) is 59.9 Å². The van der Waals surface area contributed by atoms with Crippen LogP contribution in [0.3, 0.4) is 0 Å². The number of para-hydroxylation sites is 1. The third-order valence-corrected chi connectivity index (χ3v) is 5.74. The Morgan fingerprint density at radius 3 is 2.45 bits per heavy atom. The van der Waals surface area contributed by atoms with Crippen LogP contribution in [-0.4, -0.2) is 21.4 Å². The highest BCUT2D eigenvalue weighted by molar-refractivity contribution is 7.98. The van der Waals surface area contributed by atoms with Gasteiger partial charge in [0.2, 0.25) is 11.0 Å². The molecular weight excluding hydrogens is 404 g/mol. The van der Waals surface area contributed by atoms with Gasteiger partial charge in [0.1, 0.15) is 0 Å². The van der Waals surface area contributed by atoms with E-state index in [0.29, 0.717) is 16.7 Å². The fourth-order valence-corrected chi connectivity index (χ4v) is 4.03. The highest BCUT2D eigenvalue weighted by Crippen LogP contribution is 2.36.